The molecule has 1 fully saturated rings. The molecule has 2 amide bonds. The number of rotatable bonds is 3. The number of hydrogen-bond donors (Lipinski definition) is 2. The highest BCUT2D eigenvalue weighted by Crippen LogP contribution is 2.45. The van der Waals surface area contributed by atoms with Crippen LogP contribution in [-0.2, 0) is 9.59 Å². The average molecular weight is 499 g/mol. The molecular formula is C25H21ClF2N4O3. The van der Waals surface area contributed by atoms with Crippen LogP contribution in [0.5, 0.6) is 5.75 Å². The second kappa shape index (κ2) is 8.49. The van der Waals surface area contributed by atoms with Gasteiger partial charge in [-0.05, 0) is 37.1 Å². The van der Waals surface area contributed by atoms with Gasteiger partial charge < -0.3 is 20.3 Å². The molecule has 0 saturated carbocycles. The van der Waals surface area contributed by atoms with Crippen LogP contribution in [0.3, 0.4) is 0 Å². The highest BCUT2D eigenvalue weighted by molar-refractivity contribution is 6.34. The first kappa shape index (κ1) is 23.0. The molecule has 2 N–H and O–H groups in total. The summed E-state index contributed by atoms with van der Waals surface area (Å²) in [4.78, 5) is 30.8. The van der Waals surface area contributed by atoms with Crippen molar-refractivity contribution in [3.63, 3.8) is 0 Å². The van der Waals surface area contributed by atoms with Gasteiger partial charge >= 0.3 is 0 Å². The van der Waals surface area contributed by atoms with E-state index in [0.29, 0.717) is 42.7 Å². The molecule has 2 aliphatic heterocycles. The van der Waals surface area contributed by atoms with Gasteiger partial charge in [0.15, 0.2) is 5.82 Å². The highest BCUT2D eigenvalue weighted by atomic mass is 35.5. The van der Waals surface area contributed by atoms with E-state index in [1.54, 1.807) is 4.90 Å². The third kappa shape index (κ3) is 3.58. The molecule has 0 aliphatic carbocycles. The van der Waals surface area contributed by atoms with Crippen LogP contribution in [0.1, 0.15) is 12.8 Å². The monoisotopic (exact) mass is 498 g/mol. The van der Waals surface area contributed by atoms with E-state index in [1.165, 1.54) is 43.6 Å². The van der Waals surface area contributed by atoms with Gasteiger partial charge in [-0.2, -0.15) is 0 Å². The van der Waals surface area contributed by atoms with Crippen LogP contribution in [0.2, 0.25) is 5.02 Å². The van der Waals surface area contributed by atoms with Gasteiger partial charge in [0.1, 0.15) is 22.6 Å². The normalized spacial score (nSPS) is 16.5. The predicted octanol–water partition coefficient (Wildman–Crippen LogP) is 4.75. The van der Waals surface area contributed by atoms with Gasteiger partial charge in [0.05, 0.1) is 35.3 Å². The van der Waals surface area contributed by atoms with Gasteiger partial charge in [-0.3, -0.25) is 14.6 Å². The number of carbonyl (C=O) groups excluding carboxylic acids is 2. The molecule has 3 heterocycles. The third-order valence-corrected chi connectivity index (χ3v) is 6.95. The fourth-order valence-corrected chi connectivity index (χ4v) is 5.05. The number of fused-ring (bicyclic) bond motifs is 3. The number of methoxy groups -OCH3 is 1. The zero-order chi connectivity index (χ0) is 24.9. The quantitative estimate of drug-likeness (QED) is 0.509. The molecule has 1 spiro atoms. The molecule has 3 aromatic rings. The largest absolute Gasteiger partial charge is 0.496 e. The lowest BCUT2D eigenvalue weighted by molar-refractivity contribution is -0.130. The molecule has 35 heavy (non-hydrogen) atoms. The Morgan fingerprint density at radius 3 is 2.71 bits per heavy atom. The molecule has 0 radical (unpaired) electrons. The Bertz CT molecular complexity index is 1400. The number of pyridine rings is 1. The van der Waals surface area contributed by atoms with Gasteiger partial charge in [0.25, 0.3) is 0 Å². The Morgan fingerprint density at radius 1 is 1.29 bits per heavy atom. The number of hydrogen-bond acceptors (Lipinski definition) is 5. The Labute approximate surface area is 204 Å². The van der Waals surface area contributed by atoms with Crippen LogP contribution in [0.4, 0.5) is 20.2 Å². The second-order valence-electron chi connectivity index (χ2n) is 8.50. The third-order valence-electron chi connectivity index (χ3n) is 6.65. The summed E-state index contributed by atoms with van der Waals surface area (Å²) >= 11 is 6.50. The summed E-state index contributed by atoms with van der Waals surface area (Å²) in [7, 11) is 1.36. The van der Waals surface area contributed by atoms with E-state index >= 15 is 4.39 Å². The fraction of sp³-hybridized carbons (Fsp3) is 0.240. The van der Waals surface area contributed by atoms with Crippen molar-refractivity contribution in [3.8, 4) is 16.9 Å². The topological polar surface area (TPSA) is 83.6 Å². The van der Waals surface area contributed by atoms with Gasteiger partial charge in [-0.1, -0.05) is 24.2 Å². The Morgan fingerprint density at radius 2 is 2.03 bits per heavy atom. The summed E-state index contributed by atoms with van der Waals surface area (Å²) in [6.07, 6.45) is 3.30. The van der Waals surface area contributed by atoms with Crippen molar-refractivity contribution in [2.45, 2.75) is 18.4 Å². The lowest BCUT2D eigenvalue weighted by Crippen LogP contribution is -2.59. The summed E-state index contributed by atoms with van der Waals surface area (Å²) in [5.41, 5.74) is -0.444. The van der Waals surface area contributed by atoms with Crippen molar-refractivity contribution >= 4 is 45.7 Å². The number of anilines is 2. The van der Waals surface area contributed by atoms with E-state index in [-0.39, 0.29) is 39.2 Å². The lowest BCUT2D eigenvalue weighted by atomic mass is 9.84. The molecule has 0 unspecified atom stereocenters. The van der Waals surface area contributed by atoms with E-state index in [9.17, 15) is 14.0 Å². The minimum Gasteiger partial charge on any atom is -0.496 e. The molecule has 2 aromatic carbocycles. The molecule has 5 rings (SSSR count). The van der Waals surface area contributed by atoms with Gasteiger partial charge in [-0.15, -0.1) is 0 Å². The Balaban J connectivity index is 1.61. The SMILES string of the molecule is C=CC(=O)N1CCC2(CC1)Nc1c(cnc3c(F)c(-c4c(F)cccc4OC)c(Cl)cc13)NC2=O. The maximum atomic E-state index is 15.8. The lowest BCUT2D eigenvalue weighted by Gasteiger charge is -2.44. The number of piperidine rings is 1. The number of halogens is 3. The molecule has 7 nitrogen and oxygen atoms in total. The summed E-state index contributed by atoms with van der Waals surface area (Å²) in [6.45, 7) is 4.22. The number of nitrogens with zero attached hydrogens (tertiary/aromatic N) is 2. The molecule has 0 atom stereocenters. The minimum atomic E-state index is -0.990. The zero-order valence-corrected chi connectivity index (χ0v) is 19.5. The van der Waals surface area contributed by atoms with Crippen molar-refractivity contribution < 1.29 is 23.1 Å². The summed E-state index contributed by atoms with van der Waals surface area (Å²) in [5.74, 6) is -1.81. The molecule has 10 heteroatoms. The number of ether oxygens (including phenoxy) is 1. The van der Waals surface area contributed by atoms with E-state index in [1.807, 2.05) is 0 Å². The first-order valence-corrected chi connectivity index (χ1v) is 11.3. The van der Waals surface area contributed by atoms with Crippen LogP contribution < -0.4 is 15.4 Å². The number of aromatic nitrogens is 1. The number of likely N-dealkylation sites (tertiary alicyclic amines) is 1. The minimum absolute atomic E-state index is 0.0345. The van der Waals surface area contributed by atoms with Gasteiger partial charge in [0.2, 0.25) is 11.8 Å². The molecule has 1 saturated heterocycles. The van der Waals surface area contributed by atoms with Crippen molar-refractivity contribution in [2.24, 2.45) is 0 Å². The summed E-state index contributed by atoms with van der Waals surface area (Å²) in [5, 5.41) is 6.45. The van der Waals surface area contributed by atoms with Gasteiger partial charge in [0, 0.05) is 24.0 Å². The standard InChI is InChI=1S/C25H21ClF2N4O3/c1-3-18(33)32-9-7-25(8-10-32)24(34)30-16-12-29-23-13(22(16)31-25)11-14(26)19(21(23)28)20-15(27)5-4-6-17(20)35-2/h3-6,11-12,31H,1,7-10H2,2H3,(H,30,34). The number of benzene rings is 2. The molecular weight excluding hydrogens is 478 g/mol. The summed E-state index contributed by atoms with van der Waals surface area (Å²) < 4.78 is 35.8. The van der Waals surface area contributed by atoms with Crippen molar-refractivity contribution in [3.05, 3.63) is 59.8 Å². The Hall–Kier alpha value is -3.72. The molecule has 0 bridgehead atoms. The smallest absolute Gasteiger partial charge is 0.250 e. The maximum Gasteiger partial charge on any atom is 0.250 e. The fourth-order valence-electron chi connectivity index (χ4n) is 4.77. The van der Waals surface area contributed by atoms with Crippen molar-refractivity contribution in [2.75, 3.05) is 30.8 Å². The van der Waals surface area contributed by atoms with E-state index in [0.717, 1.165) is 0 Å². The molecule has 1 aromatic heterocycles. The number of amides is 2. The maximum absolute atomic E-state index is 15.8. The van der Waals surface area contributed by atoms with Crippen LogP contribution in [0.15, 0.2) is 43.1 Å². The van der Waals surface area contributed by atoms with E-state index < -0.39 is 17.2 Å². The molecule has 180 valence electrons. The van der Waals surface area contributed by atoms with Crippen LogP contribution in [-0.4, -0.2) is 47.4 Å². The summed E-state index contributed by atoms with van der Waals surface area (Å²) in [6, 6.07) is 5.67. The van der Waals surface area contributed by atoms with Crippen molar-refractivity contribution in [1.82, 2.24) is 9.88 Å². The molecule has 2 aliphatic rings. The van der Waals surface area contributed by atoms with E-state index in [4.69, 9.17) is 16.3 Å². The first-order valence-electron chi connectivity index (χ1n) is 10.9. The predicted molar refractivity (Wildman–Crippen MR) is 130 cm³/mol. The van der Waals surface area contributed by atoms with Crippen LogP contribution >= 0.6 is 11.6 Å². The number of nitrogens with one attached hydrogen (secondary N) is 2. The van der Waals surface area contributed by atoms with Crippen molar-refractivity contribution in [1.29, 1.82) is 0 Å². The Kier molecular flexibility index (Phi) is 5.59. The number of carbonyl (C=O) groups is 2. The first-order chi connectivity index (χ1) is 16.8. The highest BCUT2D eigenvalue weighted by Gasteiger charge is 2.45. The zero-order valence-electron chi connectivity index (χ0n) is 18.8. The average Bonchev–Trinajstić information content (AvgIpc) is 2.85. The van der Waals surface area contributed by atoms with E-state index in [2.05, 4.69) is 22.2 Å². The van der Waals surface area contributed by atoms with Crippen LogP contribution in [0, 0.1) is 11.6 Å². The van der Waals surface area contributed by atoms with Gasteiger partial charge in [-0.25, -0.2) is 8.78 Å². The second-order valence-corrected chi connectivity index (χ2v) is 8.91. The van der Waals surface area contributed by atoms with Crippen LogP contribution in [0.25, 0.3) is 22.0 Å².